The number of nitrogens with one attached hydrogen (secondary N) is 1. The molecule has 0 aliphatic rings. The molecular weight excluding hydrogens is 402 g/mol. The summed E-state index contributed by atoms with van der Waals surface area (Å²) < 4.78 is 4.89. The molecule has 0 aliphatic heterocycles. The summed E-state index contributed by atoms with van der Waals surface area (Å²) in [6.45, 7) is 2.09. The second-order valence-electron chi connectivity index (χ2n) is 8.91. The molecule has 3 N–H and O–H groups in total. The quantitative estimate of drug-likeness (QED) is 0.176. The lowest BCUT2D eigenvalue weighted by atomic mass is 9.99. The Morgan fingerprint density at radius 2 is 1.38 bits per heavy atom. The maximum absolute atomic E-state index is 12.2. The molecule has 0 saturated carbocycles. The van der Waals surface area contributed by atoms with Crippen LogP contribution in [-0.2, 0) is 9.53 Å². The molecule has 1 rings (SSSR count). The Hall–Kier alpha value is -1.43. The Balaban J connectivity index is 2.22. The zero-order valence-corrected chi connectivity index (χ0v) is 20.4. The molecule has 1 aromatic carbocycles. The van der Waals surface area contributed by atoms with Gasteiger partial charge in [-0.2, -0.15) is 0 Å². The highest BCUT2D eigenvalue weighted by Crippen LogP contribution is 2.17. The number of carbonyl (C=O) groups excluding carboxylic acids is 1. The van der Waals surface area contributed by atoms with Crippen molar-refractivity contribution >= 4 is 5.97 Å². The van der Waals surface area contributed by atoms with Gasteiger partial charge in [0.2, 0.25) is 0 Å². The van der Waals surface area contributed by atoms with E-state index in [-0.39, 0.29) is 6.61 Å². The van der Waals surface area contributed by atoms with Crippen LogP contribution in [0.5, 0.6) is 0 Å². The molecule has 0 bridgehead atoms. The fraction of sp³-hybridized carbons (Fsp3) is 0.741. The van der Waals surface area contributed by atoms with Gasteiger partial charge in [0.15, 0.2) is 0 Å². The predicted molar refractivity (Wildman–Crippen MR) is 132 cm³/mol. The van der Waals surface area contributed by atoms with Crippen LogP contribution in [0.4, 0.5) is 0 Å². The highest BCUT2D eigenvalue weighted by molar-refractivity contribution is 5.76. The standard InChI is InChI=1S/C27H47NO4/c1-3-4-5-6-7-8-9-10-11-12-13-14-18-21-25(30)26(27(31)32-2)28-24(22-29)23-19-16-15-17-20-23/h15-17,19-20,24-26,28-30H,3-14,18,21-22H2,1-2H3/t24-,25-,26+/m0/s1. The molecular formula is C27H47NO4. The van der Waals surface area contributed by atoms with Gasteiger partial charge >= 0.3 is 5.97 Å². The topological polar surface area (TPSA) is 78.8 Å². The average molecular weight is 450 g/mol. The van der Waals surface area contributed by atoms with Gasteiger partial charge in [-0.1, -0.05) is 121 Å². The van der Waals surface area contributed by atoms with Crippen molar-refractivity contribution in [3.8, 4) is 0 Å². The van der Waals surface area contributed by atoms with Crippen LogP contribution in [0.3, 0.4) is 0 Å². The first-order chi connectivity index (χ1) is 15.6. The number of methoxy groups -OCH3 is 1. The highest BCUT2D eigenvalue weighted by atomic mass is 16.5. The maximum Gasteiger partial charge on any atom is 0.325 e. The van der Waals surface area contributed by atoms with Crippen molar-refractivity contribution in [2.45, 2.75) is 115 Å². The van der Waals surface area contributed by atoms with Crippen LogP contribution in [0.15, 0.2) is 30.3 Å². The normalized spacial score (nSPS) is 14.1. The van der Waals surface area contributed by atoms with Crippen molar-refractivity contribution < 1.29 is 19.7 Å². The van der Waals surface area contributed by atoms with Crippen molar-refractivity contribution in [2.75, 3.05) is 13.7 Å². The van der Waals surface area contributed by atoms with Crippen LogP contribution >= 0.6 is 0 Å². The molecule has 0 amide bonds. The number of hydrogen-bond acceptors (Lipinski definition) is 5. The van der Waals surface area contributed by atoms with E-state index in [0.29, 0.717) is 6.42 Å². The number of hydrogen-bond donors (Lipinski definition) is 3. The second-order valence-corrected chi connectivity index (χ2v) is 8.91. The van der Waals surface area contributed by atoms with Gasteiger partial charge in [-0.05, 0) is 12.0 Å². The summed E-state index contributed by atoms with van der Waals surface area (Å²) >= 11 is 0. The number of aliphatic hydroxyl groups excluding tert-OH is 2. The number of esters is 1. The first kappa shape index (κ1) is 28.6. The number of unbranched alkanes of at least 4 members (excludes halogenated alkanes) is 12. The van der Waals surface area contributed by atoms with E-state index in [1.165, 1.54) is 77.7 Å². The predicted octanol–water partition coefficient (Wildman–Crippen LogP) is 5.69. The van der Waals surface area contributed by atoms with Crippen molar-refractivity contribution in [2.24, 2.45) is 0 Å². The van der Waals surface area contributed by atoms with Gasteiger partial charge < -0.3 is 14.9 Å². The van der Waals surface area contributed by atoms with Crippen molar-refractivity contribution in [1.82, 2.24) is 5.32 Å². The number of aliphatic hydroxyl groups is 2. The van der Waals surface area contributed by atoms with E-state index in [2.05, 4.69) is 12.2 Å². The highest BCUT2D eigenvalue weighted by Gasteiger charge is 2.30. The van der Waals surface area contributed by atoms with E-state index < -0.39 is 24.2 Å². The second kappa shape index (κ2) is 19.1. The molecule has 0 saturated heterocycles. The molecule has 0 aromatic heterocycles. The molecule has 3 atom stereocenters. The van der Waals surface area contributed by atoms with E-state index in [1.807, 2.05) is 30.3 Å². The SMILES string of the molecule is CCCCCCCCCCCCCCC[C@H](O)[C@@H](N[C@@H](CO)c1ccccc1)C(=O)OC. The molecule has 0 aliphatic carbocycles. The van der Waals surface area contributed by atoms with Gasteiger partial charge in [0.25, 0.3) is 0 Å². The van der Waals surface area contributed by atoms with E-state index in [9.17, 15) is 15.0 Å². The molecule has 0 fully saturated rings. The van der Waals surface area contributed by atoms with Gasteiger partial charge in [-0.25, -0.2) is 0 Å². The smallest absolute Gasteiger partial charge is 0.325 e. The van der Waals surface area contributed by atoms with Crippen LogP contribution in [0.2, 0.25) is 0 Å². The fourth-order valence-corrected chi connectivity index (χ4v) is 4.16. The Kier molecular flexibility index (Phi) is 17.1. The zero-order valence-electron chi connectivity index (χ0n) is 20.4. The monoisotopic (exact) mass is 449 g/mol. The third-order valence-electron chi connectivity index (χ3n) is 6.21. The summed E-state index contributed by atoms with van der Waals surface area (Å²) in [7, 11) is 1.32. The van der Waals surface area contributed by atoms with Crippen LogP contribution in [-0.4, -0.2) is 42.0 Å². The summed E-state index contributed by atoms with van der Waals surface area (Å²) in [6.07, 6.45) is 16.2. The molecule has 1 aromatic rings. The van der Waals surface area contributed by atoms with E-state index in [1.54, 1.807) is 0 Å². The van der Waals surface area contributed by atoms with E-state index in [0.717, 1.165) is 18.4 Å². The van der Waals surface area contributed by atoms with Crippen LogP contribution in [0.25, 0.3) is 0 Å². The molecule has 0 spiro atoms. The Bertz CT molecular complexity index is 566. The number of rotatable bonds is 20. The van der Waals surface area contributed by atoms with Gasteiger partial charge in [-0.15, -0.1) is 0 Å². The first-order valence-corrected chi connectivity index (χ1v) is 12.8. The summed E-state index contributed by atoms with van der Waals surface area (Å²) in [5.41, 5.74) is 0.872. The van der Waals surface area contributed by atoms with Gasteiger partial charge in [0.1, 0.15) is 6.04 Å². The summed E-state index contributed by atoms with van der Waals surface area (Å²) in [5.74, 6) is -0.499. The minimum absolute atomic E-state index is 0.164. The maximum atomic E-state index is 12.2. The number of benzene rings is 1. The number of ether oxygens (including phenoxy) is 1. The lowest BCUT2D eigenvalue weighted by molar-refractivity contribution is -0.146. The minimum atomic E-state index is -0.852. The largest absolute Gasteiger partial charge is 0.468 e. The lowest BCUT2D eigenvalue weighted by Crippen LogP contribution is -2.49. The minimum Gasteiger partial charge on any atom is -0.468 e. The zero-order chi connectivity index (χ0) is 23.4. The first-order valence-electron chi connectivity index (χ1n) is 12.8. The van der Waals surface area contributed by atoms with E-state index in [4.69, 9.17) is 4.74 Å². The Labute approximate surface area is 196 Å². The third-order valence-corrected chi connectivity index (χ3v) is 6.21. The summed E-state index contributed by atoms with van der Waals surface area (Å²) in [5, 5.41) is 23.5. The summed E-state index contributed by atoms with van der Waals surface area (Å²) in [4.78, 5) is 12.2. The van der Waals surface area contributed by atoms with Crippen LogP contribution in [0, 0.1) is 0 Å². The van der Waals surface area contributed by atoms with Crippen LogP contribution in [0.1, 0.15) is 108 Å². The van der Waals surface area contributed by atoms with Gasteiger partial charge in [0, 0.05) is 0 Å². The Morgan fingerprint density at radius 1 is 0.875 bits per heavy atom. The van der Waals surface area contributed by atoms with Crippen LogP contribution < -0.4 is 5.32 Å². The molecule has 5 heteroatoms. The van der Waals surface area contributed by atoms with E-state index >= 15 is 0 Å². The summed E-state index contributed by atoms with van der Waals surface area (Å²) in [6, 6.07) is 8.17. The molecule has 32 heavy (non-hydrogen) atoms. The molecule has 184 valence electrons. The average Bonchev–Trinajstić information content (AvgIpc) is 2.82. The van der Waals surface area contributed by atoms with Gasteiger partial charge in [0.05, 0.1) is 25.9 Å². The Morgan fingerprint density at radius 3 is 1.84 bits per heavy atom. The number of carbonyl (C=O) groups is 1. The van der Waals surface area contributed by atoms with Crippen molar-refractivity contribution in [3.63, 3.8) is 0 Å². The lowest BCUT2D eigenvalue weighted by Gasteiger charge is -2.27. The molecule has 0 radical (unpaired) electrons. The molecule has 0 heterocycles. The fourth-order valence-electron chi connectivity index (χ4n) is 4.16. The van der Waals surface area contributed by atoms with Crippen molar-refractivity contribution in [1.29, 1.82) is 0 Å². The molecule has 5 nitrogen and oxygen atoms in total. The third kappa shape index (κ3) is 12.6. The van der Waals surface area contributed by atoms with Crippen molar-refractivity contribution in [3.05, 3.63) is 35.9 Å². The molecule has 0 unspecified atom stereocenters. The van der Waals surface area contributed by atoms with Gasteiger partial charge in [-0.3, -0.25) is 10.1 Å².